The Kier molecular flexibility index (Phi) is 28.2. The van der Waals surface area contributed by atoms with E-state index in [4.69, 9.17) is 24.8 Å². The van der Waals surface area contributed by atoms with Gasteiger partial charge in [-0.3, -0.25) is 23.4 Å². The largest absolute Gasteiger partial charge is 0.480 e. The average molecular weight is 672 g/mol. The number of esters is 2. The van der Waals surface area contributed by atoms with Crippen molar-refractivity contribution in [1.82, 2.24) is 0 Å². The Morgan fingerprint density at radius 2 is 1.22 bits per heavy atom. The van der Waals surface area contributed by atoms with Gasteiger partial charge < -0.3 is 25.2 Å². The third-order valence-corrected chi connectivity index (χ3v) is 7.64. The van der Waals surface area contributed by atoms with Crippen molar-refractivity contribution in [2.75, 3.05) is 19.8 Å². The van der Waals surface area contributed by atoms with Crippen LogP contribution in [0.2, 0.25) is 0 Å². The molecule has 0 saturated carbocycles. The van der Waals surface area contributed by atoms with E-state index in [0.29, 0.717) is 12.8 Å². The normalized spacial score (nSPS) is 14.7. The fourth-order valence-corrected chi connectivity index (χ4v) is 4.79. The number of unbranched alkanes of at least 4 members (excludes halogenated alkanes) is 11. The van der Waals surface area contributed by atoms with E-state index in [1.165, 1.54) is 19.3 Å². The molecule has 0 aliphatic heterocycles. The molecule has 264 valence electrons. The van der Waals surface area contributed by atoms with Gasteiger partial charge in [0.1, 0.15) is 12.6 Å². The molecule has 0 aromatic carbocycles. The number of phosphoric acid groups is 1. The fourth-order valence-electron chi connectivity index (χ4n) is 4.01. The van der Waals surface area contributed by atoms with Gasteiger partial charge in [-0.25, -0.2) is 4.57 Å². The number of carboxylic acid groups (broad SMARTS) is 1. The van der Waals surface area contributed by atoms with Crippen LogP contribution in [0.1, 0.15) is 117 Å². The lowest BCUT2D eigenvalue weighted by Gasteiger charge is -2.20. The second-order valence-electron chi connectivity index (χ2n) is 11.0. The zero-order valence-corrected chi connectivity index (χ0v) is 28.8. The smallest absolute Gasteiger partial charge is 0.472 e. The number of phosphoric ester groups is 1. The number of ether oxygens (including phenoxy) is 2. The predicted octanol–water partition coefficient (Wildman–Crippen LogP) is 7.49. The summed E-state index contributed by atoms with van der Waals surface area (Å²) in [5.41, 5.74) is 5.29. The van der Waals surface area contributed by atoms with E-state index in [2.05, 4.69) is 30.5 Å². The molecule has 0 heterocycles. The van der Waals surface area contributed by atoms with Gasteiger partial charge in [0.15, 0.2) is 6.10 Å². The standard InChI is InChI=1S/C34H58NO10P/c1-3-5-7-9-11-12-13-14-15-16-17-18-20-22-24-26-33(37)45-30(28-43-46(40,41)44-29-31(35)34(38)39)27-42-32(36)25-23-21-19-10-8-6-4-2/h5,7,9,11-15,30-31H,3-4,6,8,10,16-29,35H2,1-2H3,(H,38,39)(H,40,41)/b7-5+,11-9+,13-12+,15-14+/t30-,31-/m0/s1. The number of aliphatic carboxylic acids is 1. The molecule has 0 aromatic rings. The SMILES string of the molecule is CC/C=C/C=C/C=C/C=C/CCCCCCCC(=O)O[C@@H](COC(=O)CCCCCCCCC)COP(=O)(O)OC[C@H](N)C(=O)O. The maximum absolute atomic E-state index is 12.5. The number of carboxylic acids is 1. The highest BCUT2D eigenvalue weighted by Gasteiger charge is 2.28. The van der Waals surface area contributed by atoms with E-state index in [-0.39, 0.29) is 19.4 Å². The predicted molar refractivity (Wildman–Crippen MR) is 180 cm³/mol. The van der Waals surface area contributed by atoms with E-state index in [1.807, 2.05) is 36.5 Å². The lowest BCUT2D eigenvalue weighted by molar-refractivity contribution is -0.161. The minimum atomic E-state index is -4.71. The van der Waals surface area contributed by atoms with Gasteiger partial charge in [-0.2, -0.15) is 0 Å². The number of carbonyl (C=O) groups is 3. The molecule has 3 atom stereocenters. The average Bonchev–Trinajstić information content (AvgIpc) is 3.02. The van der Waals surface area contributed by atoms with Gasteiger partial charge in [-0.15, -0.1) is 0 Å². The molecule has 4 N–H and O–H groups in total. The topological polar surface area (TPSA) is 172 Å². The summed E-state index contributed by atoms with van der Waals surface area (Å²) in [4.78, 5) is 45.4. The summed E-state index contributed by atoms with van der Waals surface area (Å²) in [7, 11) is -4.71. The molecule has 0 saturated heterocycles. The Bertz CT molecular complexity index is 979. The van der Waals surface area contributed by atoms with E-state index >= 15 is 0 Å². The van der Waals surface area contributed by atoms with E-state index < -0.39 is 51.1 Å². The lowest BCUT2D eigenvalue weighted by atomic mass is 10.1. The van der Waals surface area contributed by atoms with Crippen LogP contribution in [0.3, 0.4) is 0 Å². The molecule has 0 radical (unpaired) electrons. The molecule has 0 rings (SSSR count). The second-order valence-corrected chi connectivity index (χ2v) is 12.5. The van der Waals surface area contributed by atoms with E-state index in [1.54, 1.807) is 0 Å². The molecule has 0 aliphatic rings. The highest BCUT2D eigenvalue weighted by atomic mass is 31.2. The van der Waals surface area contributed by atoms with Crippen molar-refractivity contribution in [2.45, 2.75) is 129 Å². The Morgan fingerprint density at radius 1 is 0.696 bits per heavy atom. The molecule has 11 nitrogen and oxygen atoms in total. The molecule has 0 aromatic heterocycles. The number of rotatable bonds is 30. The van der Waals surface area contributed by atoms with Crippen molar-refractivity contribution in [3.63, 3.8) is 0 Å². The zero-order valence-electron chi connectivity index (χ0n) is 27.9. The minimum absolute atomic E-state index is 0.134. The molecular weight excluding hydrogens is 613 g/mol. The van der Waals surface area contributed by atoms with Crippen LogP contribution in [0, 0.1) is 0 Å². The molecule has 0 bridgehead atoms. The highest BCUT2D eigenvalue weighted by molar-refractivity contribution is 7.47. The Labute approximate surface area is 275 Å². The summed E-state index contributed by atoms with van der Waals surface area (Å²) in [6.07, 6.45) is 29.3. The maximum Gasteiger partial charge on any atom is 0.472 e. The highest BCUT2D eigenvalue weighted by Crippen LogP contribution is 2.43. The summed E-state index contributed by atoms with van der Waals surface area (Å²) in [6, 6.07) is -1.52. The van der Waals surface area contributed by atoms with Crippen molar-refractivity contribution in [1.29, 1.82) is 0 Å². The van der Waals surface area contributed by atoms with Crippen molar-refractivity contribution in [3.05, 3.63) is 48.6 Å². The van der Waals surface area contributed by atoms with Crippen LogP contribution >= 0.6 is 7.82 Å². The summed E-state index contributed by atoms with van der Waals surface area (Å²) in [5.74, 6) is -2.43. The molecule has 0 fully saturated rings. The molecule has 0 spiro atoms. The van der Waals surface area contributed by atoms with Crippen LogP contribution in [-0.4, -0.2) is 59.9 Å². The first-order valence-electron chi connectivity index (χ1n) is 16.7. The monoisotopic (exact) mass is 671 g/mol. The van der Waals surface area contributed by atoms with Crippen LogP contribution in [-0.2, 0) is 37.5 Å². The zero-order chi connectivity index (χ0) is 34.3. The first kappa shape index (κ1) is 43.4. The molecule has 0 amide bonds. The molecule has 12 heteroatoms. The Morgan fingerprint density at radius 3 is 1.83 bits per heavy atom. The summed E-state index contributed by atoms with van der Waals surface area (Å²) < 4.78 is 32.3. The van der Waals surface area contributed by atoms with Gasteiger partial charge >= 0.3 is 25.7 Å². The van der Waals surface area contributed by atoms with Gasteiger partial charge in [0.2, 0.25) is 0 Å². The Balaban J connectivity index is 4.54. The van der Waals surface area contributed by atoms with E-state index in [9.17, 15) is 23.8 Å². The first-order valence-corrected chi connectivity index (χ1v) is 18.2. The first-order chi connectivity index (χ1) is 22.1. The van der Waals surface area contributed by atoms with Gasteiger partial charge in [-0.05, 0) is 32.1 Å². The van der Waals surface area contributed by atoms with Crippen LogP contribution < -0.4 is 5.73 Å². The van der Waals surface area contributed by atoms with Crippen molar-refractivity contribution >= 4 is 25.7 Å². The van der Waals surface area contributed by atoms with Crippen LogP contribution in [0.4, 0.5) is 0 Å². The molecule has 1 unspecified atom stereocenters. The van der Waals surface area contributed by atoms with Crippen molar-refractivity contribution in [2.24, 2.45) is 5.73 Å². The maximum atomic E-state index is 12.5. The quantitative estimate of drug-likeness (QED) is 0.0299. The van der Waals surface area contributed by atoms with Gasteiger partial charge in [-0.1, -0.05) is 120 Å². The second kappa shape index (κ2) is 29.8. The van der Waals surface area contributed by atoms with Crippen molar-refractivity contribution < 1.29 is 47.5 Å². The molecule has 0 aliphatic carbocycles. The van der Waals surface area contributed by atoms with Crippen LogP contribution in [0.15, 0.2) is 48.6 Å². The van der Waals surface area contributed by atoms with Gasteiger partial charge in [0, 0.05) is 12.8 Å². The Hall–Kier alpha value is -2.56. The number of nitrogens with two attached hydrogens (primary N) is 1. The minimum Gasteiger partial charge on any atom is -0.480 e. The lowest BCUT2D eigenvalue weighted by Crippen LogP contribution is -2.34. The summed E-state index contributed by atoms with van der Waals surface area (Å²) in [6.45, 7) is 2.54. The molecule has 46 heavy (non-hydrogen) atoms. The number of hydrogen-bond donors (Lipinski definition) is 3. The van der Waals surface area contributed by atoms with Crippen LogP contribution in [0.5, 0.6) is 0 Å². The summed E-state index contributed by atoms with van der Waals surface area (Å²) in [5, 5.41) is 8.82. The van der Waals surface area contributed by atoms with Gasteiger partial charge in [0.25, 0.3) is 0 Å². The van der Waals surface area contributed by atoms with Crippen molar-refractivity contribution in [3.8, 4) is 0 Å². The molecular formula is C34H58NO10P. The number of hydrogen-bond acceptors (Lipinski definition) is 9. The number of carbonyl (C=O) groups excluding carboxylic acids is 2. The third kappa shape index (κ3) is 28.9. The van der Waals surface area contributed by atoms with E-state index in [0.717, 1.165) is 57.8 Å². The fraction of sp³-hybridized carbons (Fsp3) is 0.676. The number of allylic oxidation sites excluding steroid dienone is 8. The van der Waals surface area contributed by atoms with Gasteiger partial charge in [0.05, 0.1) is 13.2 Å². The van der Waals surface area contributed by atoms with Crippen LogP contribution in [0.25, 0.3) is 0 Å². The summed E-state index contributed by atoms with van der Waals surface area (Å²) >= 11 is 0. The third-order valence-electron chi connectivity index (χ3n) is 6.69.